The number of aryl methyl sites for hydroxylation is 1. The van der Waals surface area contributed by atoms with Gasteiger partial charge in [-0.2, -0.15) is 11.8 Å². The number of amides is 1. The van der Waals surface area contributed by atoms with Crippen molar-refractivity contribution in [3.8, 4) is 0 Å². The lowest BCUT2D eigenvalue weighted by Gasteiger charge is -2.25. The normalized spacial score (nSPS) is 11.3. The van der Waals surface area contributed by atoms with Gasteiger partial charge in [-0.3, -0.25) is 9.10 Å². The van der Waals surface area contributed by atoms with E-state index in [9.17, 15) is 13.2 Å². The largest absolute Gasteiger partial charge is 0.354 e. The van der Waals surface area contributed by atoms with Gasteiger partial charge in [0.1, 0.15) is 6.54 Å². The first-order chi connectivity index (χ1) is 16.6. The number of anilines is 1. The number of hydrogen-bond donors (Lipinski definition) is 1. The summed E-state index contributed by atoms with van der Waals surface area (Å²) in [5.74, 6) is 0.785. The summed E-state index contributed by atoms with van der Waals surface area (Å²) in [6, 6.07) is 16.3. The molecule has 5 nitrogen and oxygen atoms in total. The zero-order chi connectivity index (χ0) is 25.6. The molecule has 1 N–H and O–H groups in total. The molecule has 0 unspecified atom stereocenters. The first kappa shape index (κ1) is 28.0. The van der Waals surface area contributed by atoms with Crippen molar-refractivity contribution in [1.29, 1.82) is 0 Å². The highest BCUT2D eigenvalue weighted by Crippen LogP contribution is 2.35. The van der Waals surface area contributed by atoms with Crippen LogP contribution in [0.2, 0.25) is 20.1 Å². The molecule has 35 heavy (non-hydrogen) atoms. The van der Waals surface area contributed by atoms with Crippen molar-refractivity contribution < 1.29 is 13.2 Å². The van der Waals surface area contributed by atoms with Crippen LogP contribution in [0.4, 0.5) is 5.69 Å². The van der Waals surface area contributed by atoms with Gasteiger partial charge in [0.2, 0.25) is 5.91 Å². The van der Waals surface area contributed by atoms with E-state index < -0.39 is 22.5 Å². The smallest absolute Gasteiger partial charge is 0.264 e. The number of nitrogens with one attached hydrogen (secondary N) is 1. The van der Waals surface area contributed by atoms with E-state index in [-0.39, 0.29) is 20.6 Å². The van der Waals surface area contributed by atoms with Crippen molar-refractivity contribution in [3.63, 3.8) is 0 Å². The van der Waals surface area contributed by atoms with E-state index in [0.717, 1.165) is 15.4 Å². The van der Waals surface area contributed by atoms with Crippen molar-refractivity contribution in [2.45, 2.75) is 17.6 Å². The highest BCUT2D eigenvalue weighted by molar-refractivity contribution is 7.98. The van der Waals surface area contributed by atoms with Gasteiger partial charge in [-0.1, -0.05) is 76.2 Å². The molecule has 186 valence electrons. The van der Waals surface area contributed by atoms with Gasteiger partial charge in [0.05, 0.1) is 20.6 Å². The Morgan fingerprint density at radius 2 is 1.69 bits per heavy atom. The fourth-order valence-electron chi connectivity index (χ4n) is 3.09. The van der Waals surface area contributed by atoms with E-state index in [2.05, 4.69) is 5.32 Å². The minimum atomic E-state index is -4.09. The first-order valence-corrected chi connectivity index (χ1v) is 14.5. The van der Waals surface area contributed by atoms with Gasteiger partial charge in [0.25, 0.3) is 10.0 Å². The van der Waals surface area contributed by atoms with E-state index >= 15 is 0 Å². The molecule has 0 saturated carbocycles. The van der Waals surface area contributed by atoms with Crippen LogP contribution in [0.3, 0.4) is 0 Å². The fraction of sp³-hybridized carbons (Fsp3) is 0.208. The first-order valence-electron chi connectivity index (χ1n) is 10.4. The van der Waals surface area contributed by atoms with E-state index in [0.29, 0.717) is 28.1 Å². The number of carbonyl (C=O) groups is 1. The lowest BCUT2D eigenvalue weighted by molar-refractivity contribution is -0.119. The second-order valence-electron chi connectivity index (χ2n) is 7.54. The summed E-state index contributed by atoms with van der Waals surface area (Å²) in [6.45, 7) is 1.74. The molecule has 0 saturated heterocycles. The lowest BCUT2D eigenvalue weighted by Crippen LogP contribution is -2.41. The average molecular weight is 592 g/mol. The van der Waals surface area contributed by atoms with Crippen LogP contribution in [0.25, 0.3) is 0 Å². The third kappa shape index (κ3) is 7.44. The Balaban J connectivity index is 1.68. The number of thioether (sulfide) groups is 1. The van der Waals surface area contributed by atoms with Crippen molar-refractivity contribution in [3.05, 3.63) is 91.9 Å². The minimum absolute atomic E-state index is 0.0438. The topological polar surface area (TPSA) is 66.5 Å². The number of nitrogens with zero attached hydrogens (tertiary/aromatic N) is 1. The summed E-state index contributed by atoms with van der Waals surface area (Å²) < 4.78 is 27.9. The SMILES string of the molecule is Cc1ccc(S(=O)(=O)N(CC(=O)NCCSCc2ccc(Cl)cc2Cl)c2cccc(Cl)c2Cl)cc1. The van der Waals surface area contributed by atoms with Crippen LogP contribution in [-0.4, -0.2) is 33.2 Å². The average Bonchev–Trinajstić information content (AvgIpc) is 2.81. The molecule has 0 radical (unpaired) electrons. The Labute approximate surface area is 229 Å². The van der Waals surface area contributed by atoms with Gasteiger partial charge >= 0.3 is 0 Å². The Morgan fingerprint density at radius 3 is 2.37 bits per heavy atom. The molecule has 11 heteroatoms. The maximum atomic E-state index is 13.5. The maximum absolute atomic E-state index is 13.5. The molecular weight excluding hydrogens is 570 g/mol. The number of benzene rings is 3. The summed E-state index contributed by atoms with van der Waals surface area (Å²) in [6.07, 6.45) is 0. The van der Waals surface area contributed by atoms with E-state index in [1.807, 2.05) is 13.0 Å². The molecule has 0 heterocycles. The summed E-state index contributed by atoms with van der Waals surface area (Å²) in [7, 11) is -4.09. The molecule has 0 fully saturated rings. The van der Waals surface area contributed by atoms with Crippen molar-refractivity contribution >= 4 is 79.8 Å². The summed E-state index contributed by atoms with van der Waals surface area (Å²) in [5.41, 5.74) is 1.98. The van der Waals surface area contributed by atoms with Gasteiger partial charge in [-0.05, 0) is 48.9 Å². The van der Waals surface area contributed by atoms with Gasteiger partial charge in [0.15, 0.2) is 0 Å². The standard InChI is InChI=1S/C24H22Cl4N2O3S2/c1-16-5-9-19(10-6-16)35(32,33)30(22-4-2-3-20(26)24(22)28)14-23(31)29-11-12-34-15-17-7-8-18(25)13-21(17)27/h2-10,13H,11-12,14-15H2,1H3,(H,29,31). The molecule has 0 atom stereocenters. The molecule has 0 aliphatic rings. The highest BCUT2D eigenvalue weighted by Gasteiger charge is 2.29. The Hall–Kier alpha value is -1.61. The Morgan fingerprint density at radius 1 is 0.971 bits per heavy atom. The number of halogens is 4. The Kier molecular flexibility index (Phi) is 10.0. The number of sulfonamides is 1. The quantitative estimate of drug-likeness (QED) is 0.262. The molecule has 0 aromatic heterocycles. The second-order valence-corrected chi connectivity index (χ2v) is 12.1. The molecule has 0 aliphatic carbocycles. The summed E-state index contributed by atoms with van der Waals surface area (Å²) in [5, 5.41) is 4.16. The predicted octanol–water partition coefficient (Wildman–Crippen LogP) is 6.85. The molecule has 0 aliphatic heterocycles. The maximum Gasteiger partial charge on any atom is 0.264 e. The third-order valence-corrected chi connectivity index (χ3v) is 9.12. The molecule has 1 amide bonds. The molecule has 3 rings (SSSR count). The van der Waals surface area contributed by atoms with Crippen molar-refractivity contribution in [1.82, 2.24) is 5.32 Å². The number of rotatable bonds is 10. The fourth-order valence-corrected chi connectivity index (χ4v) is 6.39. The molecule has 3 aromatic rings. The monoisotopic (exact) mass is 590 g/mol. The van der Waals surface area contributed by atoms with Gasteiger partial charge in [-0.25, -0.2) is 8.42 Å². The van der Waals surface area contributed by atoms with Crippen LogP contribution in [0.15, 0.2) is 65.6 Å². The second kappa shape index (κ2) is 12.6. The Bertz CT molecular complexity index is 1300. The zero-order valence-electron chi connectivity index (χ0n) is 18.6. The molecular formula is C24H22Cl4N2O3S2. The van der Waals surface area contributed by atoms with Crippen LogP contribution in [0.1, 0.15) is 11.1 Å². The minimum Gasteiger partial charge on any atom is -0.354 e. The molecule has 0 bridgehead atoms. The third-order valence-electron chi connectivity index (χ3n) is 4.94. The number of carbonyl (C=O) groups excluding carboxylic acids is 1. The molecule has 3 aromatic carbocycles. The van der Waals surface area contributed by atoms with E-state index in [1.165, 1.54) is 18.2 Å². The van der Waals surface area contributed by atoms with Crippen LogP contribution < -0.4 is 9.62 Å². The van der Waals surface area contributed by atoms with Crippen LogP contribution in [0, 0.1) is 6.92 Å². The number of hydrogen-bond acceptors (Lipinski definition) is 4. The summed E-state index contributed by atoms with van der Waals surface area (Å²) >= 11 is 26.1. The van der Waals surface area contributed by atoms with Gasteiger partial charge < -0.3 is 5.32 Å². The lowest BCUT2D eigenvalue weighted by atomic mass is 10.2. The predicted molar refractivity (Wildman–Crippen MR) is 148 cm³/mol. The highest BCUT2D eigenvalue weighted by atomic mass is 35.5. The van der Waals surface area contributed by atoms with E-state index in [4.69, 9.17) is 46.4 Å². The van der Waals surface area contributed by atoms with Crippen LogP contribution >= 0.6 is 58.2 Å². The van der Waals surface area contributed by atoms with Crippen molar-refractivity contribution in [2.75, 3.05) is 23.1 Å². The van der Waals surface area contributed by atoms with Gasteiger partial charge in [0, 0.05) is 28.1 Å². The van der Waals surface area contributed by atoms with Gasteiger partial charge in [-0.15, -0.1) is 0 Å². The van der Waals surface area contributed by atoms with Crippen molar-refractivity contribution in [2.24, 2.45) is 0 Å². The van der Waals surface area contributed by atoms with E-state index in [1.54, 1.807) is 48.2 Å². The molecule has 0 spiro atoms. The zero-order valence-corrected chi connectivity index (χ0v) is 23.3. The van der Waals surface area contributed by atoms with Crippen LogP contribution in [0.5, 0.6) is 0 Å². The van der Waals surface area contributed by atoms with Crippen LogP contribution in [-0.2, 0) is 20.6 Å². The summed E-state index contributed by atoms with van der Waals surface area (Å²) in [4.78, 5) is 12.8.